The molecular formula is C37H35Cl2N5O7. The smallest absolute Gasteiger partial charge is 0.253 e. The number of hydrogen-bond donors (Lipinski definition) is 1. The predicted molar refractivity (Wildman–Crippen MR) is 191 cm³/mol. The fraction of sp³-hybridized carbons (Fsp3) is 0.351. The maximum absolute atomic E-state index is 14.4. The molecule has 2 heterocycles. The summed E-state index contributed by atoms with van der Waals surface area (Å²) in [6, 6.07) is 17.3. The van der Waals surface area contributed by atoms with Crippen LogP contribution >= 0.6 is 23.2 Å². The van der Waals surface area contributed by atoms with E-state index in [1.165, 1.54) is 38.3 Å². The molecule has 0 spiro atoms. The van der Waals surface area contributed by atoms with Gasteiger partial charge in [-0.25, -0.2) is 0 Å². The Morgan fingerprint density at radius 2 is 1.41 bits per heavy atom. The number of likely N-dealkylation sites (tertiary alicyclic amines) is 1. The fourth-order valence-electron chi connectivity index (χ4n) is 8.05. The molecule has 2 aliphatic carbocycles. The highest BCUT2D eigenvalue weighted by Crippen LogP contribution is 2.66. The first-order chi connectivity index (χ1) is 24.3. The Morgan fingerprint density at radius 1 is 0.843 bits per heavy atom. The summed E-state index contributed by atoms with van der Waals surface area (Å²) in [4.78, 5) is 56.1. The number of rotatable bonds is 7. The fourth-order valence-corrected chi connectivity index (χ4v) is 9.07. The van der Waals surface area contributed by atoms with E-state index in [0.717, 1.165) is 10.6 Å². The van der Waals surface area contributed by atoms with Gasteiger partial charge in [-0.05, 0) is 85.0 Å². The van der Waals surface area contributed by atoms with Gasteiger partial charge in [0.25, 0.3) is 11.8 Å². The summed E-state index contributed by atoms with van der Waals surface area (Å²) in [5.41, 5.74) is 3.59. The zero-order valence-corrected chi connectivity index (χ0v) is 30.0. The minimum absolute atomic E-state index is 0.0508. The van der Waals surface area contributed by atoms with E-state index in [-0.39, 0.29) is 36.0 Å². The number of nitrogens with zero attached hydrogens (tertiary/aromatic N) is 5. The van der Waals surface area contributed by atoms with Crippen LogP contribution in [0.15, 0.2) is 82.5 Å². The lowest BCUT2D eigenvalue weighted by Crippen LogP contribution is -2.60. The van der Waals surface area contributed by atoms with E-state index in [9.17, 15) is 24.3 Å². The number of aromatic hydroxyl groups is 1. The number of carbonyl (C=O) groups excluding carboxylic acids is 4. The largest absolute Gasteiger partial charge is 0.502 e. The van der Waals surface area contributed by atoms with Gasteiger partial charge in [-0.3, -0.25) is 29.0 Å². The first-order valence-electron chi connectivity index (χ1n) is 16.3. The number of ether oxygens (including phenoxy) is 2. The Labute approximate surface area is 304 Å². The number of amides is 4. The van der Waals surface area contributed by atoms with Crippen molar-refractivity contribution in [2.24, 2.45) is 28.0 Å². The second-order valence-corrected chi connectivity index (χ2v) is 14.7. The first kappa shape index (κ1) is 34.5. The number of hydrogen-bond acceptors (Lipinski definition) is 10. The molecule has 0 radical (unpaired) electrons. The summed E-state index contributed by atoms with van der Waals surface area (Å²) in [7, 11) is 7.96. The van der Waals surface area contributed by atoms with Gasteiger partial charge >= 0.3 is 0 Å². The predicted octanol–water partition coefficient (Wildman–Crippen LogP) is 6.08. The van der Waals surface area contributed by atoms with E-state index in [1.54, 1.807) is 24.3 Å². The van der Waals surface area contributed by atoms with Crippen LogP contribution in [-0.2, 0) is 19.2 Å². The summed E-state index contributed by atoms with van der Waals surface area (Å²) in [5, 5.41) is 19.3. The van der Waals surface area contributed by atoms with Crippen LogP contribution in [0.4, 0.5) is 22.7 Å². The topological polar surface area (TPSA) is 141 Å². The molecular weight excluding hydrogens is 697 g/mol. The van der Waals surface area contributed by atoms with E-state index in [4.69, 9.17) is 32.7 Å². The molecule has 0 bridgehead atoms. The lowest BCUT2D eigenvalue weighted by atomic mass is 9.56. The number of methoxy groups -OCH3 is 2. The average Bonchev–Trinajstić information content (AvgIpc) is 3.45. The molecule has 51 heavy (non-hydrogen) atoms. The Balaban J connectivity index is 1.24. The average molecular weight is 733 g/mol. The van der Waals surface area contributed by atoms with E-state index in [1.807, 2.05) is 49.3 Å². The number of phenols is 1. The number of alkyl halides is 2. The molecule has 1 N–H and O–H groups in total. The van der Waals surface area contributed by atoms with Crippen LogP contribution in [0.1, 0.15) is 24.3 Å². The van der Waals surface area contributed by atoms with Gasteiger partial charge < -0.3 is 19.5 Å². The normalized spacial score (nSPS) is 28.5. The standard InChI is InChI=1S/C37H35Cl2N5O7/c1-42(2)22-10-6-20(7-11-22)40-41-21-8-12-23(13-9-21)44-32(46)25-15-14-24-26(29(25)33(44)47)18-36(38)34(48)43(3)35(49)37(36,39)30(24)19-16-27(50-4)31(45)28(17-19)51-5/h6-14,16-17,25-26,29-30,45H,15,18H2,1-5H3/t25-,26+,29-,30-,36+,37-/m0/s1. The Morgan fingerprint density at radius 3 is 1.96 bits per heavy atom. The van der Waals surface area contributed by atoms with Crippen LogP contribution in [0.2, 0.25) is 0 Å². The van der Waals surface area contributed by atoms with Crippen LogP contribution < -0.4 is 19.3 Å². The lowest BCUT2D eigenvalue weighted by molar-refractivity contribution is -0.138. The zero-order valence-electron chi connectivity index (χ0n) is 28.5. The molecule has 6 atom stereocenters. The molecule has 3 fully saturated rings. The number of carbonyl (C=O) groups is 4. The molecule has 4 aliphatic rings. The van der Waals surface area contributed by atoms with Crippen LogP contribution in [0.3, 0.4) is 0 Å². The van der Waals surface area contributed by atoms with Crippen LogP contribution in [0.5, 0.6) is 17.2 Å². The number of azo groups is 1. The van der Waals surface area contributed by atoms with Crippen molar-refractivity contribution in [3.63, 3.8) is 0 Å². The molecule has 2 aliphatic heterocycles. The van der Waals surface area contributed by atoms with Gasteiger partial charge in [0, 0.05) is 32.7 Å². The molecule has 3 aromatic carbocycles. The number of allylic oxidation sites excluding steroid dienone is 2. The van der Waals surface area contributed by atoms with Crippen molar-refractivity contribution in [2.45, 2.75) is 28.5 Å². The van der Waals surface area contributed by atoms with Crippen molar-refractivity contribution in [2.75, 3.05) is 45.2 Å². The zero-order chi connectivity index (χ0) is 36.6. The van der Waals surface area contributed by atoms with Gasteiger partial charge in [-0.2, -0.15) is 10.2 Å². The third-order valence-corrected chi connectivity index (χ3v) is 12.0. The summed E-state index contributed by atoms with van der Waals surface area (Å²) < 4.78 is 10.8. The molecule has 7 rings (SSSR count). The van der Waals surface area contributed by atoms with Gasteiger partial charge in [-0.1, -0.05) is 11.6 Å². The highest BCUT2D eigenvalue weighted by atomic mass is 35.5. The minimum atomic E-state index is -1.99. The third kappa shape index (κ3) is 5.02. The van der Waals surface area contributed by atoms with Crippen molar-refractivity contribution in [3.8, 4) is 17.2 Å². The molecule has 14 heteroatoms. The SMILES string of the molecule is COc1cc([C@H]2C3=CC[C@@H]4C(=O)N(c5ccc(N=Nc6ccc(N(C)C)cc6)cc5)C(=O)[C@@H]4[C@@H]3C[C@@]3(Cl)C(=O)N(C)C(=O)[C@@]23Cl)cc(OC)c1O. The van der Waals surface area contributed by atoms with Crippen molar-refractivity contribution >= 4 is 69.6 Å². The Hall–Kier alpha value is -4.94. The summed E-state index contributed by atoms with van der Waals surface area (Å²) in [6.07, 6.45) is 1.88. The van der Waals surface area contributed by atoms with Crippen molar-refractivity contribution in [1.29, 1.82) is 0 Å². The van der Waals surface area contributed by atoms with Gasteiger partial charge in [0.05, 0.1) is 43.1 Å². The quantitative estimate of drug-likeness (QED) is 0.133. The van der Waals surface area contributed by atoms with E-state index in [0.29, 0.717) is 28.2 Å². The number of anilines is 2. The van der Waals surface area contributed by atoms with Crippen molar-refractivity contribution in [3.05, 3.63) is 77.9 Å². The number of halogens is 2. The van der Waals surface area contributed by atoms with Gasteiger partial charge in [0.2, 0.25) is 17.6 Å². The molecule has 0 aromatic heterocycles. The van der Waals surface area contributed by atoms with E-state index in [2.05, 4.69) is 10.2 Å². The highest BCUT2D eigenvalue weighted by Gasteiger charge is 2.76. The third-order valence-electron chi connectivity index (χ3n) is 10.6. The highest BCUT2D eigenvalue weighted by molar-refractivity contribution is 6.53. The number of benzene rings is 3. The number of phenolic OH excluding ortho intramolecular Hbond substituents is 1. The second-order valence-electron chi connectivity index (χ2n) is 13.4. The molecule has 264 valence electrons. The molecule has 0 unspecified atom stereocenters. The van der Waals surface area contributed by atoms with E-state index < -0.39 is 51.1 Å². The summed E-state index contributed by atoms with van der Waals surface area (Å²) in [5.74, 6) is -5.74. The Kier molecular flexibility index (Phi) is 8.38. The first-order valence-corrected chi connectivity index (χ1v) is 17.0. The molecule has 4 amide bonds. The minimum Gasteiger partial charge on any atom is -0.502 e. The molecule has 1 saturated carbocycles. The molecule has 3 aromatic rings. The van der Waals surface area contributed by atoms with Gasteiger partial charge in [0.15, 0.2) is 21.2 Å². The lowest BCUT2D eigenvalue weighted by Gasteiger charge is -2.50. The van der Waals surface area contributed by atoms with E-state index >= 15 is 0 Å². The summed E-state index contributed by atoms with van der Waals surface area (Å²) in [6.45, 7) is 0. The van der Waals surface area contributed by atoms with Gasteiger partial charge in [0.1, 0.15) is 0 Å². The van der Waals surface area contributed by atoms with Crippen LogP contribution in [0.25, 0.3) is 0 Å². The van der Waals surface area contributed by atoms with Crippen molar-refractivity contribution in [1.82, 2.24) is 4.90 Å². The monoisotopic (exact) mass is 731 g/mol. The Bertz CT molecular complexity index is 2010. The molecule has 2 saturated heterocycles. The molecule has 12 nitrogen and oxygen atoms in total. The van der Waals surface area contributed by atoms with Crippen molar-refractivity contribution < 1.29 is 33.8 Å². The second kappa shape index (κ2) is 12.4. The number of fused-ring (bicyclic) bond motifs is 4. The number of imide groups is 2. The van der Waals surface area contributed by atoms with Crippen LogP contribution in [0, 0.1) is 17.8 Å². The summed E-state index contributed by atoms with van der Waals surface area (Å²) >= 11 is 14.6. The maximum atomic E-state index is 14.4. The van der Waals surface area contributed by atoms with Crippen LogP contribution in [-0.4, -0.2) is 78.7 Å². The maximum Gasteiger partial charge on any atom is 0.253 e. The van der Waals surface area contributed by atoms with Gasteiger partial charge in [-0.15, -0.1) is 23.2 Å².